The highest BCUT2D eigenvalue weighted by Crippen LogP contribution is 2.27. The second-order valence-corrected chi connectivity index (χ2v) is 5.07. The second-order valence-electron chi connectivity index (χ2n) is 5.07. The summed E-state index contributed by atoms with van der Waals surface area (Å²) >= 11 is 0. The van der Waals surface area contributed by atoms with Crippen LogP contribution in [0.15, 0.2) is 18.2 Å². The van der Waals surface area contributed by atoms with E-state index >= 15 is 0 Å². The Morgan fingerprint density at radius 3 is 2.94 bits per heavy atom. The number of nitrogens with zero attached hydrogens (tertiary/aromatic N) is 1. The first-order valence-electron chi connectivity index (χ1n) is 6.46. The summed E-state index contributed by atoms with van der Waals surface area (Å²) < 4.78 is 0. The molecule has 1 unspecified atom stereocenters. The van der Waals surface area contributed by atoms with Crippen molar-refractivity contribution in [2.45, 2.75) is 26.2 Å². The summed E-state index contributed by atoms with van der Waals surface area (Å²) in [5.74, 6) is 0.450. The molecular weight excluding hydrogens is 228 g/mol. The molecule has 1 amide bonds. The Labute approximate surface area is 107 Å². The smallest absolute Gasteiger partial charge is 0.257 e. The molecule has 0 radical (unpaired) electrons. The Bertz CT molecular complexity index is 445. The number of para-hydroxylation sites is 1. The van der Waals surface area contributed by atoms with Gasteiger partial charge in [-0.2, -0.15) is 0 Å². The van der Waals surface area contributed by atoms with Crippen LogP contribution in [-0.2, 0) is 0 Å². The molecule has 1 fully saturated rings. The zero-order chi connectivity index (χ0) is 13.1. The molecule has 3 N–H and O–H groups in total. The summed E-state index contributed by atoms with van der Waals surface area (Å²) in [6.07, 6.45) is 3.21. The van der Waals surface area contributed by atoms with Crippen molar-refractivity contribution in [1.29, 1.82) is 0 Å². The fourth-order valence-electron chi connectivity index (χ4n) is 2.37. The van der Waals surface area contributed by atoms with Gasteiger partial charge in [-0.15, -0.1) is 0 Å². The number of hydrogen-bond donors (Lipinski definition) is 2. The van der Waals surface area contributed by atoms with Crippen LogP contribution in [0.1, 0.15) is 36.5 Å². The van der Waals surface area contributed by atoms with Gasteiger partial charge in [-0.3, -0.25) is 4.79 Å². The maximum absolute atomic E-state index is 12.3. The number of carbonyl (C=O) groups excluding carboxylic acids is 1. The molecule has 1 saturated heterocycles. The van der Waals surface area contributed by atoms with Crippen molar-refractivity contribution in [2.75, 3.05) is 18.8 Å². The maximum Gasteiger partial charge on any atom is 0.257 e. The number of carbonyl (C=O) groups is 1. The quantitative estimate of drug-likeness (QED) is 0.591. The fraction of sp³-hybridized carbons (Fsp3) is 0.500. The van der Waals surface area contributed by atoms with E-state index in [9.17, 15) is 9.90 Å². The van der Waals surface area contributed by atoms with E-state index in [4.69, 9.17) is 5.73 Å². The molecule has 1 aromatic carbocycles. The Morgan fingerprint density at radius 2 is 2.17 bits per heavy atom. The van der Waals surface area contributed by atoms with Crippen LogP contribution in [0, 0.1) is 5.92 Å². The SMILES string of the molecule is CC1CCCN(C(=O)c2cccc(N)c2O)CC1. The van der Waals surface area contributed by atoms with Crippen LogP contribution in [-0.4, -0.2) is 29.0 Å². The lowest BCUT2D eigenvalue weighted by molar-refractivity contribution is 0.0757. The lowest BCUT2D eigenvalue weighted by atomic mass is 10.0. The number of hydrogen-bond acceptors (Lipinski definition) is 3. The lowest BCUT2D eigenvalue weighted by Crippen LogP contribution is -2.32. The molecule has 18 heavy (non-hydrogen) atoms. The average Bonchev–Trinajstić information content (AvgIpc) is 2.57. The molecule has 0 bridgehead atoms. The van der Waals surface area contributed by atoms with Crippen LogP contribution in [0.3, 0.4) is 0 Å². The van der Waals surface area contributed by atoms with Gasteiger partial charge in [0, 0.05) is 13.1 Å². The highest BCUT2D eigenvalue weighted by Gasteiger charge is 2.22. The molecule has 4 heteroatoms. The number of nitrogen functional groups attached to an aromatic ring is 1. The van der Waals surface area contributed by atoms with E-state index in [1.165, 1.54) is 0 Å². The minimum Gasteiger partial charge on any atom is -0.505 e. The Balaban J connectivity index is 2.18. The molecule has 0 aromatic heterocycles. The Kier molecular flexibility index (Phi) is 3.75. The molecule has 2 rings (SSSR count). The van der Waals surface area contributed by atoms with Crippen LogP contribution in [0.5, 0.6) is 5.75 Å². The number of benzene rings is 1. The van der Waals surface area contributed by atoms with Crippen molar-refractivity contribution >= 4 is 11.6 Å². The first-order valence-corrected chi connectivity index (χ1v) is 6.46. The number of phenolic OH excluding ortho intramolecular Hbond substituents is 1. The summed E-state index contributed by atoms with van der Waals surface area (Å²) in [5.41, 5.74) is 6.18. The predicted octanol–water partition coefficient (Wildman–Crippen LogP) is 2.24. The van der Waals surface area contributed by atoms with E-state index in [1.807, 2.05) is 4.90 Å². The van der Waals surface area contributed by atoms with Gasteiger partial charge < -0.3 is 15.7 Å². The predicted molar refractivity (Wildman–Crippen MR) is 71.4 cm³/mol. The van der Waals surface area contributed by atoms with E-state index in [0.29, 0.717) is 11.5 Å². The number of likely N-dealkylation sites (tertiary alicyclic amines) is 1. The monoisotopic (exact) mass is 248 g/mol. The van der Waals surface area contributed by atoms with E-state index in [0.717, 1.165) is 32.4 Å². The number of amides is 1. The normalized spacial score (nSPS) is 20.5. The largest absolute Gasteiger partial charge is 0.505 e. The van der Waals surface area contributed by atoms with Crippen LogP contribution in [0.25, 0.3) is 0 Å². The molecule has 1 aromatic rings. The summed E-state index contributed by atoms with van der Waals surface area (Å²) in [7, 11) is 0. The molecule has 1 aliphatic heterocycles. The summed E-state index contributed by atoms with van der Waals surface area (Å²) in [5, 5.41) is 9.85. The van der Waals surface area contributed by atoms with Gasteiger partial charge >= 0.3 is 0 Å². The van der Waals surface area contributed by atoms with E-state index in [2.05, 4.69) is 6.92 Å². The van der Waals surface area contributed by atoms with Crippen molar-refractivity contribution in [3.8, 4) is 5.75 Å². The van der Waals surface area contributed by atoms with Gasteiger partial charge in [0.25, 0.3) is 5.91 Å². The summed E-state index contributed by atoms with van der Waals surface area (Å²) in [4.78, 5) is 14.2. The maximum atomic E-state index is 12.3. The molecule has 0 aliphatic carbocycles. The highest BCUT2D eigenvalue weighted by molar-refractivity contribution is 5.98. The average molecular weight is 248 g/mol. The minimum atomic E-state index is -0.117. The van der Waals surface area contributed by atoms with Gasteiger partial charge in [0.1, 0.15) is 0 Å². The molecule has 0 spiro atoms. The molecule has 0 saturated carbocycles. The zero-order valence-corrected chi connectivity index (χ0v) is 10.7. The second kappa shape index (κ2) is 5.29. The number of anilines is 1. The zero-order valence-electron chi connectivity index (χ0n) is 10.7. The van der Waals surface area contributed by atoms with Crippen molar-refractivity contribution in [3.63, 3.8) is 0 Å². The Morgan fingerprint density at radius 1 is 1.39 bits per heavy atom. The number of aromatic hydroxyl groups is 1. The molecule has 1 aliphatic rings. The van der Waals surface area contributed by atoms with Gasteiger partial charge in [-0.1, -0.05) is 13.0 Å². The first-order chi connectivity index (χ1) is 8.59. The van der Waals surface area contributed by atoms with Crippen molar-refractivity contribution < 1.29 is 9.90 Å². The van der Waals surface area contributed by atoms with Crippen LogP contribution in [0.4, 0.5) is 5.69 Å². The van der Waals surface area contributed by atoms with E-state index < -0.39 is 0 Å². The van der Waals surface area contributed by atoms with Crippen molar-refractivity contribution in [3.05, 3.63) is 23.8 Å². The summed E-state index contributed by atoms with van der Waals surface area (Å²) in [6, 6.07) is 4.92. The van der Waals surface area contributed by atoms with Crippen LogP contribution in [0.2, 0.25) is 0 Å². The highest BCUT2D eigenvalue weighted by atomic mass is 16.3. The third-order valence-electron chi connectivity index (χ3n) is 3.60. The minimum absolute atomic E-state index is 0.0974. The van der Waals surface area contributed by atoms with Crippen LogP contribution >= 0.6 is 0 Å². The standard InChI is InChI=1S/C14H20N2O2/c1-10-4-3-8-16(9-7-10)14(18)11-5-2-6-12(15)13(11)17/h2,5-6,10,17H,3-4,7-9,15H2,1H3. The van der Waals surface area contributed by atoms with Crippen LogP contribution < -0.4 is 5.73 Å². The molecule has 1 atom stereocenters. The molecule has 98 valence electrons. The van der Waals surface area contributed by atoms with Gasteiger partial charge in [-0.25, -0.2) is 0 Å². The number of phenols is 1. The van der Waals surface area contributed by atoms with Crippen molar-refractivity contribution in [2.24, 2.45) is 5.92 Å². The lowest BCUT2D eigenvalue weighted by Gasteiger charge is -2.21. The molecular formula is C14H20N2O2. The van der Waals surface area contributed by atoms with Gasteiger partial charge in [0.15, 0.2) is 5.75 Å². The molecule has 1 heterocycles. The number of rotatable bonds is 1. The third-order valence-corrected chi connectivity index (χ3v) is 3.60. The fourth-order valence-corrected chi connectivity index (χ4v) is 2.37. The summed E-state index contributed by atoms with van der Waals surface area (Å²) in [6.45, 7) is 3.73. The first kappa shape index (κ1) is 12.7. The van der Waals surface area contributed by atoms with Crippen molar-refractivity contribution in [1.82, 2.24) is 4.90 Å². The van der Waals surface area contributed by atoms with E-state index in [1.54, 1.807) is 18.2 Å². The van der Waals surface area contributed by atoms with Gasteiger partial charge in [0.2, 0.25) is 0 Å². The van der Waals surface area contributed by atoms with E-state index in [-0.39, 0.29) is 17.3 Å². The molecule has 4 nitrogen and oxygen atoms in total. The number of nitrogens with two attached hydrogens (primary N) is 1. The van der Waals surface area contributed by atoms with Gasteiger partial charge in [-0.05, 0) is 37.3 Å². The van der Waals surface area contributed by atoms with Gasteiger partial charge in [0.05, 0.1) is 11.3 Å². The topological polar surface area (TPSA) is 66.6 Å². The third kappa shape index (κ3) is 2.58. The Hall–Kier alpha value is -1.71.